The SMILES string of the molecule is C=CC(=O)Nc1ccccc1Oc1nc(Cl)ncc1OC. The van der Waals surface area contributed by atoms with Crippen molar-refractivity contribution in [3.8, 4) is 17.4 Å². The molecule has 6 nitrogen and oxygen atoms in total. The van der Waals surface area contributed by atoms with Gasteiger partial charge in [-0.1, -0.05) is 18.7 Å². The van der Waals surface area contributed by atoms with Gasteiger partial charge in [-0.25, -0.2) is 4.98 Å². The maximum absolute atomic E-state index is 11.4. The van der Waals surface area contributed by atoms with E-state index in [1.165, 1.54) is 19.4 Å². The van der Waals surface area contributed by atoms with Crippen molar-refractivity contribution >= 4 is 23.2 Å². The predicted molar refractivity (Wildman–Crippen MR) is 78.9 cm³/mol. The molecule has 7 heteroatoms. The normalized spacial score (nSPS) is 9.81. The minimum Gasteiger partial charge on any atom is -0.490 e. The number of halogens is 1. The number of benzene rings is 1. The maximum atomic E-state index is 11.4. The van der Waals surface area contributed by atoms with Crippen LogP contribution >= 0.6 is 11.6 Å². The molecule has 0 saturated heterocycles. The zero-order valence-electron chi connectivity index (χ0n) is 11.2. The van der Waals surface area contributed by atoms with Crippen molar-refractivity contribution in [1.29, 1.82) is 0 Å². The monoisotopic (exact) mass is 305 g/mol. The first-order chi connectivity index (χ1) is 10.1. The maximum Gasteiger partial charge on any atom is 0.267 e. The fraction of sp³-hybridized carbons (Fsp3) is 0.0714. The zero-order valence-corrected chi connectivity index (χ0v) is 11.9. The third-order valence-electron chi connectivity index (χ3n) is 2.45. The van der Waals surface area contributed by atoms with Gasteiger partial charge in [0, 0.05) is 0 Å². The average molecular weight is 306 g/mol. The van der Waals surface area contributed by atoms with Crippen LogP contribution in [0.5, 0.6) is 17.4 Å². The lowest BCUT2D eigenvalue weighted by Crippen LogP contribution is -2.08. The Morgan fingerprint density at radius 2 is 2.14 bits per heavy atom. The number of methoxy groups -OCH3 is 1. The lowest BCUT2D eigenvalue weighted by molar-refractivity contribution is -0.111. The number of amides is 1. The molecule has 108 valence electrons. The second-order valence-electron chi connectivity index (χ2n) is 3.80. The van der Waals surface area contributed by atoms with E-state index in [1.807, 2.05) is 0 Å². The van der Waals surface area contributed by atoms with Crippen molar-refractivity contribution in [2.24, 2.45) is 0 Å². The fourth-order valence-electron chi connectivity index (χ4n) is 1.49. The summed E-state index contributed by atoms with van der Waals surface area (Å²) in [7, 11) is 1.46. The van der Waals surface area contributed by atoms with Gasteiger partial charge < -0.3 is 14.8 Å². The third-order valence-corrected chi connectivity index (χ3v) is 2.63. The van der Waals surface area contributed by atoms with Gasteiger partial charge in [-0.15, -0.1) is 0 Å². The minimum absolute atomic E-state index is 0.0263. The third kappa shape index (κ3) is 3.70. The number of nitrogens with one attached hydrogen (secondary N) is 1. The number of hydrogen-bond acceptors (Lipinski definition) is 5. The molecule has 0 bridgehead atoms. The summed E-state index contributed by atoms with van der Waals surface area (Å²) in [6, 6.07) is 6.88. The highest BCUT2D eigenvalue weighted by Gasteiger charge is 2.12. The number of hydrogen-bond donors (Lipinski definition) is 1. The van der Waals surface area contributed by atoms with Crippen LogP contribution in [0, 0.1) is 0 Å². The smallest absolute Gasteiger partial charge is 0.267 e. The molecule has 0 radical (unpaired) electrons. The molecule has 0 aliphatic carbocycles. The molecular formula is C14H12ClN3O3. The fourth-order valence-corrected chi connectivity index (χ4v) is 1.62. The molecule has 0 aliphatic rings. The molecule has 1 N–H and O–H groups in total. The largest absolute Gasteiger partial charge is 0.490 e. The summed E-state index contributed by atoms with van der Waals surface area (Å²) in [4.78, 5) is 19.2. The Morgan fingerprint density at radius 3 is 2.86 bits per heavy atom. The molecule has 21 heavy (non-hydrogen) atoms. The van der Waals surface area contributed by atoms with Crippen molar-refractivity contribution < 1.29 is 14.3 Å². The Kier molecular flexibility index (Phi) is 4.73. The number of carbonyl (C=O) groups is 1. The van der Waals surface area contributed by atoms with E-state index in [1.54, 1.807) is 24.3 Å². The van der Waals surface area contributed by atoms with Crippen LogP contribution in [0.25, 0.3) is 0 Å². The quantitative estimate of drug-likeness (QED) is 0.679. The standard InChI is InChI=1S/C14H12ClN3O3/c1-3-12(19)17-9-6-4-5-7-10(9)21-13-11(20-2)8-16-14(15)18-13/h3-8H,1H2,2H3,(H,17,19). The number of para-hydroxylation sites is 2. The molecule has 0 atom stereocenters. The molecule has 2 rings (SSSR count). The topological polar surface area (TPSA) is 73.3 Å². The van der Waals surface area contributed by atoms with Gasteiger partial charge in [0.05, 0.1) is 19.0 Å². The number of rotatable bonds is 5. The van der Waals surface area contributed by atoms with Crippen molar-refractivity contribution in [3.05, 3.63) is 48.4 Å². The van der Waals surface area contributed by atoms with E-state index in [0.717, 1.165) is 0 Å². The highest BCUT2D eigenvalue weighted by Crippen LogP contribution is 2.33. The lowest BCUT2D eigenvalue weighted by atomic mass is 10.3. The Labute approximate surface area is 126 Å². The molecule has 1 amide bonds. The second-order valence-corrected chi connectivity index (χ2v) is 4.14. The summed E-state index contributed by atoms with van der Waals surface area (Å²) >= 11 is 5.75. The van der Waals surface area contributed by atoms with Crippen LogP contribution in [0.1, 0.15) is 0 Å². The van der Waals surface area contributed by atoms with E-state index < -0.39 is 0 Å². The molecule has 0 aliphatic heterocycles. The molecular weight excluding hydrogens is 294 g/mol. The van der Waals surface area contributed by atoms with Crippen LogP contribution in [0.15, 0.2) is 43.1 Å². The molecule has 2 aromatic rings. The van der Waals surface area contributed by atoms with Crippen LogP contribution in [0.2, 0.25) is 5.28 Å². The van der Waals surface area contributed by atoms with E-state index >= 15 is 0 Å². The summed E-state index contributed by atoms with van der Waals surface area (Å²) in [5, 5.41) is 2.66. The average Bonchev–Trinajstić information content (AvgIpc) is 2.49. The van der Waals surface area contributed by atoms with Crippen LogP contribution in [0.3, 0.4) is 0 Å². The van der Waals surface area contributed by atoms with Gasteiger partial charge in [-0.05, 0) is 29.8 Å². The predicted octanol–water partition coefficient (Wildman–Crippen LogP) is 3.06. The number of aromatic nitrogens is 2. The van der Waals surface area contributed by atoms with E-state index in [4.69, 9.17) is 21.1 Å². The first-order valence-electron chi connectivity index (χ1n) is 5.91. The van der Waals surface area contributed by atoms with E-state index in [0.29, 0.717) is 17.2 Å². The minimum atomic E-state index is -0.348. The summed E-state index contributed by atoms with van der Waals surface area (Å²) in [6.45, 7) is 3.40. The van der Waals surface area contributed by atoms with Crippen LogP contribution in [0.4, 0.5) is 5.69 Å². The molecule has 1 aromatic carbocycles. The molecule has 1 heterocycles. The van der Waals surface area contributed by atoms with E-state index in [-0.39, 0.29) is 17.1 Å². The van der Waals surface area contributed by atoms with Gasteiger partial charge in [-0.2, -0.15) is 4.98 Å². The molecule has 0 unspecified atom stereocenters. The second kappa shape index (κ2) is 6.71. The van der Waals surface area contributed by atoms with Gasteiger partial charge in [-0.3, -0.25) is 4.79 Å². The summed E-state index contributed by atoms with van der Waals surface area (Å²) in [5.74, 6) is 0.515. The Bertz CT molecular complexity index is 676. The summed E-state index contributed by atoms with van der Waals surface area (Å²) in [5.41, 5.74) is 0.471. The first-order valence-corrected chi connectivity index (χ1v) is 6.28. The van der Waals surface area contributed by atoms with E-state index in [9.17, 15) is 4.79 Å². The van der Waals surface area contributed by atoms with Gasteiger partial charge in [0.2, 0.25) is 11.2 Å². The molecule has 0 spiro atoms. The van der Waals surface area contributed by atoms with E-state index in [2.05, 4.69) is 21.9 Å². The van der Waals surface area contributed by atoms with Crippen molar-refractivity contribution in [1.82, 2.24) is 9.97 Å². The molecule has 0 saturated carbocycles. The highest BCUT2D eigenvalue weighted by molar-refractivity contribution is 6.28. The number of carbonyl (C=O) groups excluding carboxylic acids is 1. The zero-order chi connectivity index (χ0) is 15.2. The number of ether oxygens (including phenoxy) is 2. The van der Waals surface area contributed by atoms with Gasteiger partial charge in [0.15, 0.2) is 11.5 Å². The van der Waals surface area contributed by atoms with Gasteiger partial charge in [0.1, 0.15) is 0 Å². The van der Waals surface area contributed by atoms with Crippen LogP contribution < -0.4 is 14.8 Å². The molecule has 0 fully saturated rings. The van der Waals surface area contributed by atoms with Gasteiger partial charge in [0.25, 0.3) is 5.88 Å². The van der Waals surface area contributed by atoms with Gasteiger partial charge >= 0.3 is 0 Å². The number of anilines is 1. The molecule has 1 aromatic heterocycles. The Morgan fingerprint density at radius 1 is 1.38 bits per heavy atom. The van der Waals surface area contributed by atoms with Crippen molar-refractivity contribution in [3.63, 3.8) is 0 Å². The van der Waals surface area contributed by atoms with Crippen molar-refractivity contribution in [2.45, 2.75) is 0 Å². The Hall–Kier alpha value is -2.60. The number of nitrogens with zero attached hydrogens (tertiary/aromatic N) is 2. The first kappa shape index (κ1) is 14.8. The lowest BCUT2D eigenvalue weighted by Gasteiger charge is -2.12. The Balaban J connectivity index is 2.33. The van der Waals surface area contributed by atoms with Crippen LogP contribution in [-0.2, 0) is 4.79 Å². The summed E-state index contributed by atoms with van der Waals surface area (Å²) in [6.07, 6.45) is 2.56. The highest BCUT2D eigenvalue weighted by atomic mass is 35.5. The summed E-state index contributed by atoms with van der Waals surface area (Å²) < 4.78 is 10.8. The van der Waals surface area contributed by atoms with Crippen LogP contribution in [-0.4, -0.2) is 23.0 Å². The van der Waals surface area contributed by atoms with Crippen molar-refractivity contribution in [2.75, 3.05) is 12.4 Å².